The molecular weight excluding hydrogens is 523 g/mol. The van der Waals surface area contributed by atoms with Gasteiger partial charge in [0.15, 0.2) is 0 Å². The molecule has 0 bridgehead atoms. The van der Waals surface area contributed by atoms with Crippen LogP contribution in [0, 0.1) is 11.7 Å². The van der Waals surface area contributed by atoms with Gasteiger partial charge in [0.1, 0.15) is 11.5 Å². The molecule has 9 nitrogen and oxygen atoms in total. The molecule has 0 saturated heterocycles. The molecule has 1 atom stereocenters. The van der Waals surface area contributed by atoms with E-state index in [2.05, 4.69) is 20.3 Å². The molecule has 1 aliphatic rings. The number of nitrogens with one attached hydrogen (secondary N) is 3. The molecule has 1 aliphatic carbocycles. The van der Waals surface area contributed by atoms with E-state index >= 15 is 0 Å². The third-order valence-corrected chi connectivity index (χ3v) is 8.46. The van der Waals surface area contributed by atoms with Crippen LogP contribution in [0.2, 0.25) is 0 Å². The van der Waals surface area contributed by atoms with Crippen molar-refractivity contribution in [1.82, 2.24) is 20.3 Å². The fourth-order valence-electron chi connectivity index (χ4n) is 4.68. The molecule has 1 heterocycles. The van der Waals surface area contributed by atoms with Gasteiger partial charge in [0, 0.05) is 31.0 Å². The number of hydrogen-bond donors (Lipinski definition) is 3. The van der Waals surface area contributed by atoms with Crippen molar-refractivity contribution in [1.29, 1.82) is 0 Å². The molecule has 3 N–H and O–H groups in total. The number of fused-ring (bicyclic) bond motifs is 1. The van der Waals surface area contributed by atoms with E-state index in [1.165, 1.54) is 24.3 Å². The highest BCUT2D eigenvalue weighted by Crippen LogP contribution is 2.27. The van der Waals surface area contributed by atoms with E-state index in [9.17, 15) is 22.4 Å². The van der Waals surface area contributed by atoms with Gasteiger partial charge in [-0.3, -0.25) is 9.59 Å². The van der Waals surface area contributed by atoms with Crippen molar-refractivity contribution in [2.45, 2.75) is 49.6 Å². The predicted octanol–water partition coefficient (Wildman–Crippen LogP) is 3.46. The average molecular weight is 557 g/mol. The zero-order valence-corrected chi connectivity index (χ0v) is 22.8. The van der Waals surface area contributed by atoms with E-state index in [0.717, 1.165) is 5.56 Å². The highest BCUT2D eigenvalue weighted by Gasteiger charge is 2.30. The minimum Gasteiger partial charge on any atom is -0.383 e. The summed E-state index contributed by atoms with van der Waals surface area (Å²) in [7, 11) is -2.24. The van der Waals surface area contributed by atoms with Gasteiger partial charge < -0.3 is 15.4 Å². The van der Waals surface area contributed by atoms with Gasteiger partial charge in [-0.25, -0.2) is 22.5 Å². The first-order valence-electron chi connectivity index (χ1n) is 12.9. The number of pyridine rings is 1. The maximum absolute atomic E-state index is 13.2. The second kappa shape index (κ2) is 12.6. The molecule has 208 valence electrons. The van der Waals surface area contributed by atoms with Crippen LogP contribution in [-0.2, 0) is 19.6 Å². The summed E-state index contributed by atoms with van der Waals surface area (Å²) in [6.45, 7) is 2.60. The number of rotatable bonds is 10. The highest BCUT2D eigenvalue weighted by molar-refractivity contribution is 7.89. The number of amides is 2. The van der Waals surface area contributed by atoms with Crippen molar-refractivity contribution < 1.29 is 27.1 Å². The maximum atomic E-state index is 13.2. The minimum absolute atomic E-state index is 0.0816. The largest absolute Gasteiger partial charge is 0.383 e. The number of halogens is 1. The molecule has 0 unspecified atom stereocenters. The second-order valence-corrected chi connectivity index (χ2v) is 11.5. The van der Waals surface area contributed by atoms with E-state index in [1.807, 2.05) is 6.92 Å². The van der Waals surface area contributed by atoms with E-state index in [1.54, 1.807) is 37.4 Å². The third-order valence-electron chi connectivity index (χ3n) is 6.94. The van der Waals surface area contributed by atoms with Crippen molar-refractivity contribution in [2.24, 2.45) is 5.92 Å². The molecule has 1 aromatic heterocycles. The van der Waals surface area contributed by atoms with Crippen molar-refractivity contribution in [3.05, 3.63) is 71.7 Å². The van der Waals surface area contributed by atoms with Gasteiger partial charge in [-0.1, -0.05) is 18.2 Å². The lowest BCUT2D eigenvalue weighted by atomic mass is 9.85. The summed E-state index contributed by atoms with van der Waals surface area (Å²) in [4.78, 5) is 29.4. The molecule has 2 aromatic carbocycles. The lowest BCUT2D eigenvalue weighted by Gasteiger charge is -2.29. The third kappa shape index (κ3) is 7.37. The van der Waals surface area contributed by atoms with Crippen LogP contribution in [0.3, 0.4) is 0 Å². The summed E-state index contributed by atoms with van der Waals surface area (Å²) in [6.07, 6.45) is 2.20. The molecule has 0 spiro atoms. The van der Waals surface area contributed by atoms with Crippen LogP contribution in [0.25, 0.3) is 10.9 Å². The van der Waals surface area contributed by atoms with Crippen molar-refractivity contribution in [3.63, 3.8) is 0 Å². The van der Waals surface area contributed by atoms with Crippen LogP contribution in [-0.4, -0.2) is 51.5 Å². The van der Waals surface area contributed by atoms with Crippen LogP contribution >= 0.6 is 0 Å². The van der Waals surface area contributed by atoms with Gasteiger partial charge in [0.2, 0.25) is 15.9 Å². The van der Waals surface area contributed by atoms with Crippen molar-refractivity contribution >= 4 is 32.7 Å². The molecule has 2 amide bonds. The summed E-state index contributed by atoms with van der Waals surface area (Å²) >= 11 is 0. The van der Waals surface area contributed by atoms with Crippen LogP contribution in [0.15, 0.2) is 59.5 Å². The van der Waals surface area contributed by atoms with Crippen molar-refractivity contribution in [2.75, 3.05) is 20.3 Å². The standard InChI is InChI=1S/C28H33FN4O5S/c1-18(19-3-8-22(29)9-4-19)31-27(34)20-5-10-23(11-6-20)33-39(36,37)24-12-14-25-21(17-24)7-13-26(32-25)28(35)30-15-16-38-2/h3-4,7-9,12-14,17-18,20,23,33H,5-6,10-11,15-16H2,1-2H3,(H,30,35)(H,31,34)/t18-,20-,23-/m1/s1. The fraction of sp³-hybridized carbons (Fsp3) is 0.393. The summed E-state index contributed by atoms with van der Waals surface area (Å²) in [5.41, 5.74) is 1.56. The van der Waals surface area contributed by atoms with E-state index < -0.39 is 10.0 Å². The number of carbonyl (C=O) groups is 2. The SMILES string of the molecule is COCCNC(=O)c1ccc2cc(S(=O)(=O)N[C@H]3CC[C@H](C(=O)N[C@H](C)c4ccc(F)cc4)CC3)ccc2n1. The number of benzene rings is 2. The Bertz CT molecular complexity index is 1420. The normalized spacial score (nSPS) is 18.4. The Morgan fingerprint density at radius 3 is 2.46 bits per heavy atom. The first-order valence-corrected chi connectivity index (χ1v) is 14.4. The fourth-order valence-corrected chi connectivity index (χ4v) is 6.02. The summed E-state index contributed by atoms with van der Waals surface area (Å²) in [5, 5.41) is 6.28. The van der Waals surface area contributed by atoms with E-state index in [4.69, 9.17) is 4.74 Å². The molecule has 11 heteroatoms. The smallest absolute Gasteiger partial charge is 0.269 e. The molecule has 4 rings (SSSR count). The maximum Gasteiger partial charge on any atom is 0.269 e. The van der Waals surface area contributed by atoms with Gasteiger partial charge in [0.25, 0.3) is 5.91 Å². The first-order chi connectivity index (χ1) is 18.7. The van der Waals surface area contributed by atoms with E-state index in [0.29, 0.717) is 49.7 Å². The quantitative estimate of drug-likeness (QED) is 0.328. The minimum atomic E-state index is -3.79. The lowest BCUT2D eigenvalue weighted by Crippen LogP contribution is -2.41. The van der Waals surface area contributed by atoms with E-state index in [-0.39, 0.29) is 46.2 Å². The Hall–Kier alpha value is -3.41. The molecular formula is C28H33FN4O5S. The van der Waals surface area contributed by atoms with Gasteiger partial charge in [-0.15, -0.1) is 0 Å². The summed E-state index contributed by atoms with van der Waals surface area (Å²) in [5.74, 6) is -0.948. The Balaban J connectivity index is 1.32. The Labute approximate surface area is 227 Å². The van der Waals surface area contributed by atoms with Crippen LogP contribution in [0.1, 0.15) is 54.7 Å². The number of carbonyl (C=O) groups excluding carboxylic acids is 2. The number of sulfonamides is 1. The van der Waals surface area contributed by atoms with Gasteiger partial charge >= 0.3 is 0 Å². The number of aromatic nitrogens is 1. The molecule has 39 heavy (non-hydrogen) atoms. The number of methoxy groups -OCH3 is 1. The first kappa shape index (κ1) is 28.6. The van der Waals surface area contributed by atoms with Gasteiger partial charge in [-0.2, -0.15) is 0 Å². The molecule has 3 aromatic rings. The highest BCUT2D eigenvalue weighted by atomic mass is 32.2. The van der Waals surface area contributed by atoms with Crippen LogP contribution < -0.4 is 15.4 Å². The molecule has 0 aliphatic heterocycles. The summed E-state index contributed by atoms with van der Waals surface area (Å²) < 4.78 is 47.0. The number of hydrogen-bond acceptors (Lipinski definition) is 6. The second-order valence-electron chi connectivity index (χ2n) is 9.75. The zero-order chi connectivity index (χ0) is 28.0. The number of ether oxygens (including phenoxy) is 1. The van der Waals surface area contributed by atoms with Crippen LogP contribution in [0.4, 0.5) is 4.39 Å². The predicted molar refractivity (Wildman–Crippen MR) is 145 cm³/mol. The molecule has 1 saturated carbocycles. The van der Waals surface area contributed by atoms with Crippen LogP contribution in [0.5, 0.6) is 0 Å². The Morgan fingerprint density at radius 1 is 1.05 bits per heavy atom. The zero-order valence-electron chi connectivity index (χ0n) is 21.9. The Morgan fingerprint density at radius 2 is 1.77 bits per heavy atom. The number of nitrogens with zero attached hydrogens (tertiary/aromatic N) is 1. The van der Waals surface area contributed by atoms with Gasteiger partial charge in [0.05, 0.1) is 23.1 Å². The molecule has 1 fully saturated rings. The topological polar surface area (TPSA) is 126 Å². The monoisotopic (exact) mass is 556 g/mol. The lowest BCUT2D eigenvalue weighted by molar-refractivity contribution is -0.126. The average Bonchev–Trinajstić information content (AvgIpc) is 2.93. The summed E-state index contributed by atoms with van der Waals surface area (Å²) in [6, 6.07) is 13.3. The Kier molecular flexibility index (Phi) is 9.26. The van der Waals surface area contributed by atoms with Crippen molar-refractivity contribution in [3.8, 4) is 0 Å². The van der Waals surface area contributed by atoms with Gasteiger partial charge in [-0.05, 0) is 74.6 Å². The molecule has 0 radical (unpaired) electrons.